The number of aliphatic hydroxyl groups is 1. The molecule has 43 heavy (non-hydrogen) atoms. The van der Waals surface area contributed by atoms with Gasteiger partial charge in [-0.25, -0.2) is 0 Å². The molecule has 4 heterocycles. The molecule has 4 aliphatic heterocycles. The predicted octanol–water partition coefficient (Wildman–Crippen LogP) is 3.95. The number of ether oxygens (including phenoxy) is 2. The lowest BCUT2D eigenvalue weighted by Gasteiger charge is -2.45. The molecule has 9 nitrogen and oxygen atoms in total. The lowest BCUT2D eigenvalue weighted by Crippen LogP contribution is -2.60. The number of hydrogen-bond donors (Lipinski definition) is 1. The number of aliphatic hydroxyl groups excluding tert-OH is 1. The zero-order valence-corrected chi connectivity index (χ0v) is 26.6. The number of fused-ring (bicyclic) bond motifs is 2. The number of anilines is 1. The van der Waals surface area contributed by atoms with Crippen LogP contribution in [0.5, 0.6) is 5.75 Å². The quantitative estimate of drug-likeness (QED) is 0.459. The average Bonchev–Trinajstić information content (AvgIpc) is 3.20. The van der Waals surface area contributed by atoms with Crippen LogP contribution in [0.15, 0.2) is 48.6 Å². The van der Waals surface area contributed by atoms with Gasteiger partial charge < -0.3 is 29.3 Å². The minimum Gasteiger partial charge on any atom is -0.494 e. The molecule has 0 aliphatic carbocycles. The molecule has 4 aliphatic rings. The van der Waals surface area contributed by atoms with Crippen molar-refractivity contribution in [1.29, 1.82) is 0 Å². The monoisotopic (exact) mass is 593 g/mol. The lowest BCUT2D eigenvalue weighted by atomic mass is 9.72. The molecular formula is C34H47N3O6. The van der Waals surface area contributed by atoms with Gasteiger partial charge in [-0.3, -0.25) is 14.4 Å². The standard InChI is InChI=1S/C34H47N3O6/c1-8-33-16-10-18-35(23-12-14-24(15-13-23)42-9-2)28(39)25(33)26-29(40)36(20-21-38)27-30(41)37(19-11-17-34(26,27)43-33)32(6,7)22-31(3,4)5/h10-17,25-27,38H,8-9,18-22H2,1-7H3/t25-,26-,27?,33+,34-/m0/s1. The van der Waals surface area contributed by atoms with Crippen molar-refractivity contribution >= 4 is 23.4 Å². The summed E-state index contributed by atoms with van der Waals surface area (Å²) >= 11 is 0. The van der Waals surface area contributed by atoms with Crippen molar-refractivity contribution in [2.75, 3.05) is 37.7 Å². The highest BCUT2D eigenvalue weighted by molar-refractivity contribution is 6.04. The fourth-order valence-corrected chi connectivity index (χ4v) is 8.17. The highest BCUT2D eigenvalue weighted by atomic mass is 16.5. The summed E-state index contributed by atoms with van der Waals surface area (Å²) in [5.41, 5.74) is -2.27. The summed E-state index contributed by atoms with van der Waals surface area (Å²) in [6.45, 7) is 15.3. The number of hydrogen-bond acceptors (Lipinski definition) is 6. The number of nitrogens with zero attached hydrogens (tertiary/aromatic N) is 3. The zero-order chi connectivity index (χ0) is 31.4. The molecule has 0 bridgehead atoms. The molecule has 2 fully saturated rings. The molecule has 5 rings (SSSR count). The van der Waals surface area contributed by atoms with Gasteiger partial charge in [-0.2, -0.15) is 0 Å². The summed E-state index contributed by atoms with van der Waals surface area (Å²) in [6.07, 6.45) is 8.87. The van der Waals surface area contributed by atoms with E-state index in [1.807, 2.05) is 67.3 Å². The molecule has 0 radical (unpaired) electrons. The van der Waals surface area contributed by atoms with Crippen LogP contribution in [0.3, 0.4) is 0 Å². The van der Waals surface area contributed by atoms with Gasteiger partial charge in [0.15, 0.2) is 0 Å². The number of β-amino-alcohol motifs (C(OH)–C–C–N with tert-alkyl or cyclic N) is 1. The smallest absolute Gasteiger partial charge is 0.249 e. The van der Waals surface area contributed by atoms with E-state index in [0.717, 1.165) is 6.42 Å². The maximum atomic E-state index is 14.7. The van der Waals surface area contributed by atoms with Crippen LogP contribution in [0.2, 0.25) is 0 Å². The topological polar surface area (TPSA) is 99.6 Å². The Kier molecular flexibility index (Phi) is 8.05. The van der Waals surface area contributed by atoms with Crippen molar-refractivity contribution in [3.63, 3.8) is 0 Å². The Labute approximate surface area is 255 Å². The van der Waals surface area contributed by atoms with Crippen molar-refractivity contribution < 1.29 is 29.0 Å². The maximum absolute atomic E-state index is 14.7. The number of likely N-dealkylation sites (tertiary alicyclic amines) is 1. The van der Waals surface area contributed by atoms with Crippen LogP contribution >= 0.6 is 0 Å². The first-order valence-electron chi connectivity index (χ1n) is 15.6. The largest absolute Gasteiger partial charge is 0.494 e. The van der Waals surface area contributed by atoms with E-state index in [4.69, 9.17) is 9.47 Å². The Hall–Kier alpha value is -3.17. The fourth-order valence-electron chi connectivity index (χ4n) is 8.17. The van der Waals surface area contributed by atoms with Crippen molar-refractivity contribution in [3.8, 4) is 5.75 Å². The second-order valence-corrected chi connectivity index (χ2v) is 14.1. The Bertz CT molecular complexity index is 1310. The Morgan fingerprint density at radius 2 is 1.60 bits per heavy atom. The summed E-state index contributed by atoms with van der Waals surface area (Å²) in [5.74, 6) is -1.83. The minimum atomic E-state index is -1.35. The lowest BCUT2D eigenvalue weighted by molar-refractivity contribution is -0.156. The summed E-state index contributed by atoms with van der Waals surface area (Å²) in [6, 6.07) is 6.37. The van der Waals surface area contributed by atoms with Gasteiger partial charge in [-0.15, -0.1) is 0 Å². The van der Waals surface area contributed by atoms with Gasteiger partial charge >= 0.3 is 0 Å². The van der Waals surface area contributed by atoms with Gasteiger partial charge in [0, 0.05) is 30.9 Å². The Balaban J connectivity index is 1.60. The SMILES string of the molecule is CCOc1ccc(N2CC=C[C@@]3(CC)O[C@]45C=CCN(C(C)(C)CC(C)(C)C)C(=O)C4N(CCO)C(=O)[C@@H]5[C@H]3C2=O)cc1. The van der Waals surface area contributed by atoms with Gasteiger partial charge in [0.1, 0.15) is 17.4 Å². The third-order valence-corrected chi connectivity index (χ3v) is 9.43. The molecule has 1 spiro atoms. The van der Waals surface area contributed by atoms with Crippen molar-refractivity contribution in [1.82, 2.24) is 9.80 Å². The number of carbonyl (C=O) groups excluding carboxylic acids is 3. The van der Waals surface area contributed by atoms with Gasteiger partial charge in [-0.1, -0.05) is 52.0 Å². The molecule has 5 atom stereocenters. The zero-order valence-electron chi connectivity index (χ0n) is 26.6. The molecule has 1 unspecified atom stereocenters. The predicted molar refractivity (Wildman–Crippen MR) is 165 cm³/mol. The van der Waals surface area contributed by atoms with E-state index < -0.39 is 34.6 Å². The van der Waals surface area contributed by atoms with Crippen LogP contribution in [0, 0.1) is 17.3 Å². The van der Waals surface area contributed by atoms with E-state index >= 15 is 0 Å². The van der Waals surface area contributed by atoms with Crippen LogP contribution < -0.4 is 9.64 Å². The first-order valence-corrected chi connectivity index (χ1v) is 15.6. The van der Waals surface area contributed by atoms with Gasteiger partial charge in [0.05, 0.1) is 30.7 Å². The molecule has 1 aromatic rings. The average molecular weight is 594 g/mol. The fraction of sp³-hybridized carbons (Fsp3) is 0.618. The first-order chi connectivity index (χ1) is 20.2. The Morgan fingerprint density at radius 1 is 0.930 bits per heavy atom. The molecular weight excluding hydrogens is 546 g/mol. The summed E-state index contributed by atoms with van der Waals surface area (Å²) in [4.78, 5) is 48.7. The number of rotatable bonds is 8. The summed E-state index contributed by atoms with van der Waals surface area (Å²) in [7, 11) is 0. The van der Waals surface area contributed by atoms with Crippen molar-refractivity contribution in [2.24, 2.45) is 17.3 Å². The highest BCUT2D eigenvalue weighted by Crippen LogP contribution is 2.59. The van der Waals surface area contributed by atoms with Crippen molar-refractivity contribution in [3.05, 3.63) is 48.6 Å². The summed E-state index contributed by atoms with van der Waals surface area (Å²) in [5, 5.41) is 10.0. The maximum Gasteiger partial charge on any atom is 0.249 e. The second-order valence-electron chi connectivity index (χ2n) is 14.1. The minimum absolute atomic E-state index is 0.0172. The van der Waals surface area contributed by atoms with E-state index in [1.54, 1.807) is 4.90 Å². The number of amides is 3. The van der Waals surface area contributed by atoms with E-state index in [9.17, 15) is 19.5 Å². The van der Waals surface area contributed by atoms with Gasteiger partial charge in [0.2, 0.25) is 17.7 Å². The number of benzene rings is 1. The second kappa shape index (κ2) is 11.1. The van der Waals surface area contributed by atoms with E-state index in [-0.39, 0.29) is 36.3 Å². The van der Waals surface area contributed by atoms with Crippen LogP contribution in [0.1, 0.15) is 61.3 Å². The van der Waals surface area contributed by atoms with Gasteiger partial charge in [-0.05, 0) is 63.3 Å². The van der Waals surface area contributed by atoms with E-state index in [2.05, 4.69) is 34.6 Å². The third-order valence-electron chi connectivity index (χ3n) is 9.43. The summed E-state index contributed by atoms with van der Waals surface area (Å²) < 4.78 is 12.6. The van der Waals surface area contributed by atoms with Crippen LogP contribution in [0.25, 0.3) is 0 Å². The van der Waals surface area contributed by atoms with Crippen LogP contribution in [-0.4, -0.2) is 88.3 Å². The third kappa shape index (κ3) is 5.08. The molecule has 0 aromatic heterocycles. The normalized spacial score (nSPS) is 30.7. The molecule has 3 amide bonds. The van der Waals surface area contributed by atoms with Crippen LogP contribution in [0.4, 0.5) is 5.69 Å². The first kappa shape index (κ1) is 31.3. The Morgan fingerprint density at radius 3 is 2.21 bits per heavy atom. The van der Waals surface area contributed by atoms with Gasteiger partial charge in [0.25, 0.3) is 0 Å². The van der Waals surface area contributed by atoms with E-state index in [0.29, 0.717) is 37.6 Å². The molecule has 1 aromatic carbocycles. The molecule has 0 saturated carbocycles. The highest BCUT2D eigenvalue weighted by Gasteiger charge is 2.75. The molecule has 2 saturated heterocycles. The van der Waals surface area contributed by atoms with Crippen LogP contribution in [-0.2, 0) is 19.1 Å². The molecule has 1 N–H and O–H groups in total. The molecule has 234 valence electrons. The molecule has 9 heteroatoms. The van der Waals surface area contributed by atoms with Crippen molar-refractivity contribution in [2.45, 2.75) is 84.1 Å². The van der Waals surface area contributed by atoms with E-state index in [1.165, 1.54) is 4.90 Å². The number of carbonyl (C=O) groups is 3.